The van der Waals surface area contributed by atoms with Crippen LogP contribution < -0.4 is 19.5 Å². The Bertz CT molecular complexity index is 293. The van der Waals surface area contributed by atoms with Gasteiger partial charge in [-0.3, -0.25) is 0 Å². The SMILES string of the molecule is CNc1c(OC)cc(OC)cc1OC.Cl. The maximum Gasteiger partial charge on any atom is 0.149 e. The number of rotatable bonds is 4. The summed E-state index contributed by atoms with van der Waals surface area (Å²) in [4.78, 5) is 0. The van der Waals surface area contributed by atoms with Crippen molar-refractivity contribution in [3.63, 3.8) is 0 Å². The van der Waals surface area contributed by atoms with E-state index in [0.717, 1.165) is 5.69 Å². The van der Waals surface area contributed by atoms with Gasteiger partial charge >= 0.3 is 0 Å². The van der Waals surface area contributed by atoms with Gasteiger partial charge in [0.05, 0.1) is 21.3 Å². The molecule has 0 aromatic heterocycles. The number of methoxy groups -OCH3 is 3. The second-order valence-corrected chi connectivity index (χ2v) is 2.66. The van der Waals surface area contributed by atoms with E-state index in [0.29, 0.717) is 17.2 Å². The Morgan fingerprint density at radius 1 is 0.933 bits per heavy atom. The molecule has 4 nitrogen and oxygen atoms in total. The number of hydrogen-bond acceptors (Lipinski definition) is 4. The Balaban J connectivity index is 0.00000196. The van der Waals surface area contributed by atoms with Crippen LogP contribution in [0.25, 0.3) is 0 Å². The predicted molar refractivity (Wildman–Crippen MR) is 62.9 cm³/mol. The molecule has 15 heavy (non-hydrogen) atoms. The first-order valence-electron chi connectivity index (χ1n) is 4.24. The van der Waals surface area contributed by atoms with Crippen LogP contribution in [0.3, 0.4) is 0 Å². The van der Waals surface area contributed by atoms with E-state index in [1.54, 1.807) is 33.5 Å². The van der Waals surface area contributed by atoms with Crippen LogP contribution in [0.5, 0.6) is 17.2 Å². The summed E-state index contributed by atoms with van der Waals surface area (Å²) in [7, 11) is 6.63. The molecule has 0 radical (unpaired) electrons. The summed E-state index contributed by atoms with van der Waals surface area (Å²) in [6, 6.07) is 3.60. The summed E-state index contributed by atoms with van der Waals surface area (Å²) in [6.07, 6.45) is 0. The molecule has 1 aromatic carbocycles. The van der Waals surface area contributed by atoms with Crippen LogP contribution in [0, 0.1) is 0 Å². The molecule has 0 aliphatic rings. The van der Waals surface area contributed by atoms with Gasteiger partial charge < -0.3 is 19.5 Å². The third-order valence-corrected chi connectivity index (χ3v) is 1.97. The lowest BCUT2D eigenvalue weighted by Gasteiger charge is -2.14. The molecule has 0 aliphatic heterocycles. The molecule has 0 unspecified atom stereocenters. The van der Waals surface area contributed by atoms with Crippen molar-refractivity contribution in [3.8, 4) is 17.2 Å². The Morgan fingerprint density at radius 2 is 1.40 bits per heavy atom. The van der Waals surface area contributed by atoms with Gasteiger partial charge in [0.25, 0.3) is 0 Å². The zero-order valence-corrected chi connectivity index (χ0v) is 10.1. The van der Waals surface area contributed by atoms with Crippen molar-refractivity contribution in [3.05, 3.63) is 12.1 Å². The largest absolute Gasteiger partial charge is 0.496 e. The van der Waals surface area contributed by atoms with E-state index in [4.69, 9.17) is 14.2 Å². The van der Waals surface area contributed by atoms with E-state index < -0.39 is 0 Å². The van der Waals surface area contributed by atoms with Crippen molar-refractivity contribution in [2.24, 2.45) is 0 Å². The van der Waals surface area contributed by atoms with Gasteiger partial charge in [-0.2, -0.15) is 0 Å². The molecule has 1 aromatic rings. The van der Waals surface area contributed by atoms with Gasteiger partial charge in [0.1, 0.15) is 22.9 Å². The lowest BCUT2D eigenvalue weighted by molar-refractivity contribution is 0.378. The smallest absolute Gasteiger partial charge is 0.149 e. The van der Waals surface area contributed by atoms with Crippen molar-refractivity contribution in [2.75, 3.05) is 33.7 Å². The molecule has 0 fully saturated rings. The lowest BCUT2D eigenvalue weighted by Crippen LogP contribution is -1.98. The summed E-state index contributed by atoms with van der Waals surface area (Å²) in [5.41, 5.74) is 0.816. The van der Waals surface area contributed by atoms with Crippen LogP contribution in [0.15, 0.2) is 12.1 Å². The highest BCUT2D eigenvalue weighted by atomic mass is 35.5. The van der Waals surface area contributed by atoms with Crippen LogP contribution in [0.1, 0.15) is 0 Å². The van der Waals surface area contributed by atoms with Crippen molar-refractivity contribution in [1.82, 2.24) is 0 Å². The first-order chi connectivity index (χ1) is 6.76. The van der Waals surface area contributed by atoms with Crippen LogP contribution >= 0.6 is 12.4 Å². The molecule has 0 aliphatic carbocycles. The minimum Gasteiger partial charge on any atom is -0.496 e. The van der Waals surface area contributed by atoms with Crippen LogP contribution in [-0.2, 0) is 0 Å². The van der Waals surface area contributed by atoms with Crippen molar-refractivity contribution in [2.45, 2.75) is 0 Å². The monoisotopic (exact) mass is 233 g/mol. The molecular formula is C10H16ClNO3. The molecule has 0 amide bonds. The third kappa shape index (κ3) is 2.83. The summed E-state index contributed by atoms with van der Waals surface area (Å²) >= 11 is 0. The van der Waals surface area contributed by atoms with Crippen LogP contribution in [0.2, 0.25) is 0 Å². The van der Waals surface area contributed by atoms with Gasteiger partial charge in [0.2, 0.25) is 0 Å². The van der Waals surface area contributed by atoms with E-state index in [-0.39, 0.29) is 12.4 Å². The highest BCUT2D eigenvalue weighted by Crippen LogP contribution is 2.38. The first kappa shape index (κ1) is 13.7. The Kier molecular flexibility index (Phi) is 5.70. The average molecular weight is 234 g/mol. The minimum absolute atomic E-state index is 0. The summed E-state index contributed by atoms with van der Waals surface area (Å²) in [5, 5.41) is 3.01. The van der Waals surface area contributed by atoms with E-state index in [1.807, 2.05) is 7.05 Å². The van der Waals surface area contributed by atoms with Gasteiger partial charge in [-0.25, -0.2) is 0 Å². The number of hydrogen-bond donors (Lipinski definition) is 1. The molecular weight excluding hydrogens is 218 g/mol. The van der Waals surface area contributed by atoms with Crippen LogP contribution in [0.4, 0.5) is 5.69 Å². The molecule has 5 heteroatoms. The molecule has 0 atom stereocenters. The van der Waals surface area contributed by atoms with Gasteiger partial charge in [0, 0.05) is 19.2 Å². The van der Waals surface area contributed by atoms with Gasteiger partial charge in [-0.15, -0.1) is 12.4 Å². The molecule has 86 valence electrons. The first-order valence-corrected chi connectivity index (χ1v) is 4.24. The van der Waals surface area contributed by atoms with E-state index in [2.05, 4.69) is 5.32 Å². The van der Waals surface area contributed by atoms with Gasteiger partial charge in [-0.1, -0.05) is 0 Å². The number of benzene rings is 1. The molecule has 0 spiro atoms. The summed E-state index contributed by atoms with van der Waals surface area (Å²) < 4.78 is 15.5. The van der Waals surface area contributed by atoms with Gasteiger partial charge in [-0.05, 0) is 0 Å². The average Bonchev–Trinajstić information content (AvgIpc) is 2.26. The minimum atomic E-state index is 0. The fourth-order valence-electron chi connectivity index (χ4n) is 1.25. The quantitative estimate of drug-likeness (QED) is 0.865. The fraction of sp³-hybridized carbons (Fsp3) is 0.400. The molecule has 0 saturated carbocycles. The highest BCUT2D eigenvalue weighted by molar-refractivity contribution is 5.85. The van der Waals surface area contributed by atoms with E-state index >= 15 is 0 Å². The number of nitrogens with one attached hydrogen (secondary N) is 1. The molecule has 0 heterocycles. The van der Waals surface area contributed by atoms with Crippen molar-refractivity contribution < 1.29 is 14.2 Å². The molecule has 0 saturated heterocycles. The zero-order chi connectivity index (χ0) is 10.6. The maximum absolute atomic E-state index is 5.20. The summed E-state index contributed by atoms with van der Waals surface area (Å²) in [5.74, 6) is 2.10. The number of halogens is 1. The van der Waals surface area contributed by atoms with Crippen molar-refractivity contribution in [1.29, 1.82) is 0 Å². The van der Waals surface area contributed by atoms with E-state index in [9.17, 15) is 0 Å². The fourth-order valence-corrected chi connectivity index (χ4v) is 1.25. The molecule has 1 N–H and O–H groups in total. The second-order valence-electron chi connectivity index (χ2n) is 2.66. The normalized spacial score (nSPS) is 8.80. The Hall–Kier alpha value is -1.29. The lowest BCUT2D eigenvalue weighted by atomic mass is 10.2. The van der Waals surface area contributed by atoms with Crippen LogP contribution in [-0.4, -0.2) is 28.4 Å². The predicted octanol–water partition coefficient (Wildman–Crippen LogP) is 2.18. The molecule has 1 rings (SSSR count). The Labute approximate surface area is 95.9 Å². The zero-order valence-electron chi connectivity index (χ0n) is 9.29. The van der Waals surface area contributed by atoms with E-state index in [1.165, 1.54) is 0 Å². The number of ether oxygens (including phenoxy) is 3. The van der Waals surface area contributed by atoms with Crippen molar-refractivity contribution >= 4 is 18.1 Å². The highest BCUT2D eigenvalue weighted by Gasteiger charge is 2.10. The molecule has 0 bridgehead atoms. The number of anilines is 1. The topological polar surface area (TPSA) is 39.7 Å². The maximum atomic E-state index is 5.20. The second kappa shape index (κ2) is 6.24. The third-order valence-electron chi connectivity index (χ3n) is 1.97. The van der Waals surface area contributed by atoms with Gasteiger partial charge in [0.15, 0.2) is 0 Å². The Morgan fingerprint density at radius 3 is 1.67 bits per heavy atom. The standard InChI is InChI=1S/C10H15NO3.ClH/c1-11-10-8(13-3)5-7(12-2)6-9(10)14-4;/h5-6,11H,1-4H3;1H. The summed E-state index contributed by atoms with van der Waals surface area (Å²) in [6.45, 7) is 0.